The number of nitrogens with two attached hydrogens (primary N) is 2. The fourth-order valence-electron chi connectivity index (χ4n) is 3.15. The molecule has 4 N–H and O–H groups in total. The summed E-state index contributed by atoms with van der Waals surface area (Å²) in [4.78, 5) is 21.1. The van der Waals surface area contributed by atoms with E-state index in [1.165, 1.54) is 16.7 Å². The molecule has 1 amide bonds. The van der Waals surface area contributed by atoms with Crippen LogP contribution in [0.4, 0.5) is 14.6 Å². The van der Waals surface area contributed by atoms with Crippen molar-refractivity contribution in [2.45, 2.75) is 13.3 Å². The van der Waals surface area contributed by atoms with Gasteiger partial charge in [-0.1, -0.05) is 24.3 Å². The molecule has 2 aromatic carbocycles. The van der Waals surface area contributed by atoms with Gasteiger partial charge in [-0.25, -0.2) is 18.7 Å². The number of aryl methyl sites for hydroxylation is 1. The highest BCUT2D eigenvalue weighted by molar-refractivity contribution is 6.10. The van der Waals surface area contributed by atoms with Crippen LogP contribution in [0.15, 0.2) is 42.5 Å². The number of halogens is 2. The monoisotopic (exact) mass is 367 g/mol. The first-order valence-electron chi connectivity index (χ1n) is 8.14. The molecule has 0 fully saturated rings. The highest BCUT2D eigenvalue weighted by atomic mass is 19.3. The molecule has 8 heteroatoms. The molecule has 27 heavy (non-hydrogen) atoms. The maximum atomic E-state index is 13.2. The Morgan fingerprint density at radius 1 is 1.11 bits per heavy atom. The smallest absolute Gasteiger partial charge is 0.263 e. The van der Waals surface area contributed by atoms with Crippen LogP contribution in [0.25, 0.3) is 27.9 Å². The number of fused-ring (bicyclic) bond motifs is 2. The summed E-state index contributed by atoms with van der Waals surface area (Å²) in [6, 6.07) is 11.4. The van der Waals surface area contributed by atoms with Gasteiger partial charge < -0.3 is 11.5 Å². The molecular weight excluding hydrogens is 352 g/mol. The number of hydrogen-bond donors (Lipinski definition) is 2. The van der Waals surface area contributed by atoms with Crippen molar-refractivity contribution in [2.24, 2.45) is 5.73 Å². The molecule has 0 spiro atoms. The van der Waals surface area contributed by atoms with Gasteiger partial charge in [0.15, 0.2) is 5.65 Å². The molecule has 0 unspecified atom stereocenters. The van der Waals surface area contributed by atoms with Crippen LogP contribution in [0.3, 0.4) is 0 Å². The molecule has 2 heterocycles. The van der Waals surface area contributed by atoms with E-state index in [1.807, 2.05) is 0 Å². The predicted molar refractivity (Wildman–Crippen MR) is 99.0 cm³/mol. The van der Waals surface area contributed by atoms with E-state index in [4.69, 9.17) is 11.5 Å². The highest BCUT2D eigenvalue weighted by Gasteiger charge is 2.24. The first-order chi connectivity index (χ1) is 12.9. The lowest BCUT2D eigenvalue weighted by Gasteiger charge is -2.13. The lowest BCUT2D eigenvalue weighted by atomic mass is 10.1. The number of anilines is 1. The van der Waals surface area contributed by atoms with Crippen LogP contribution in [0.1, 0.15) is 27.9 Å². The number of alkyl halides is 2. The Morgan fingerprint density at radius 2 is 1.78 bits per heavy atom. The molecular formula is C19H15F2N5O. The van der Waals surface area contributed by atoms with Crippen LogP contribution in [0.5, 0.6) is 0 Å². The van der Waals surface area contributed by atoms with E-state index >= 15 is 0 Å². The second-order valence-electron chi connectivity index (χ2n) is 6.19. The minimum absolute atomic E-state index is 0.0160. The summed E-state index contributed by atoms with van der Waals surface area (Å²) in [5.41, 5.74) is 14.3. The van der Waals surface area contributed by atoms with Crippen LogP contribution in [-0.2, 0) is 0 Å². The van der Waals surface area contributed by atoms with Crippen molar-refractivity contribution in [3.63, 3.8) is 0 Å². The van der Waals surface area contributed by atoms with Gasteiger partial charge >= 0.3 is 0 Å². The fraction of sp³-hybridized carbons (Fsp3) is 0.105. The standard InChI is InChI=1S/C19H15F2N5O/c1-9-6-7-10(16(20)21)8-13(9)26-17(22)14(18(23)27)15-19(26)25-12-5-3-2-4-11(12)24-15/h2-8,16H,22H2,1H3,(H2,23,27). The van der Waals surface area contributed by atoms with Gasteiger partial charge in [-0.05, 0) is 30.7 Å². The Morgan fingerprint density at radius 3 is 2.41 bits per heavy atom. The number of benzene rings is 2. The third kappa shape index (κ3) is 2.57. The van der Waals surface area contributed by atoms with Crippen LogP contribution >= 0.6 is 0 Å². The zero-order valence-corrected chi connectivity index (χ0v) is 14.3. The Hall–Kier alpha value is -3.55. The summed E-state index contributed by atoms with van der Waals surface area (Å²) in [7, 11) is 0. The quantitative estimate of drug-likeness (QED) is 0.579. The molecule has 0 saturated heterocycles. The Labute approximate surface area is 152 Å². The number of nitrogens with zero attached hydrogens (tertiary/aromatic N) is 3. The fourth-order valence-corrected chi connectivity index (χ4v) is 3.15. The van der Waals surface area contributed by atoms with E-state index in [1.54, 1.807) is 37.3 Å². The summed E-state index contributed by atoms with van der Waals surface area (Å²) in [6.07, 6.45) is -2.64. The lowest BCUT2D eigenvalue weighted by molar-refractivity contribution is 0.100. The number of hydrogen-bond acceptors (Lipinski definition) is 4. The number of primary amides is 1. The third-order valence-electron chi connectivity index (χ3n) is 4.47. The molecule has 4 rings (SSSR count). The number of amides is 1. The summed E-state index contributed by atoms with van der Waals surface area (Å²) in [5, 5.41) is 0. The lowest BCUT2D eigenvalue weighted by Crippen LogP contribution is -2.14. The SMILES string of the molecule is Cc1ccc(C(F)F)cc1-n1c(N)c(C(N)=O)c2nc3ccccc3nc21. The van der Waals surface area contributed by atoms with Crippen molar-refractivity contribution in [2.75, 3.05) is 5.73 Å². The Balaban J connectivity index is 2.15. The average molecular weight is 367 g/mol. The van der Waals surface area contributed by atoms with Crippen molar-refractivity contribution in [1.29, 1.82) is 0 Å². The molecule has 0 radical (unpaired) electrons. The van der Waals surface area contributed by atoms with Crippen molar-refractivity contribution in [1.82, 2.24) is 14.5 Å². The molecule has 0 aliphatic carbocycles. The van der Waals surface area contributed by atoms with Crippen molar-refractivity contribution in [3.8, 4) is 5.69 Å². The minimum atomic E-state index is -2.64. The molecule has 0 aliphatic heterocycles. The first-order valence-corrected chi connectivity index (χ1v) is 8.14. The molecule has 0 aliphatic rings. The number of carbonyl (C=O) groups is 1. The summed E-state index contributed by atoms with van der Waals surface area (Å²) in [6.45, 7) is 1.76. The Bertz CT molecular complexity index is 1220. The van der Waals surface area contributed by atoms with Crippen LogP contribution in [0, 0.1) is 6.92 Å². The normalized spacial score (nSPS) is 11.6. The first kappa shape index (κ1) is 16.9. The van der Waals surface area contributed by atoms with E-state index < -0.39 is 12.3 Å². The summed E-state index contributed by atoms with van der Waals surface area (Å²) >= 11 is 0. The van der Waals surface area contributed by atoms with Gasteiger partial charge in [-0.15, -0.1) is 0 Å². The number of nitrogen functional groups attached to an aromatic ring is 1. The van der Waals surface area contributed by atoms with Crippen molar-refractivity contribution >= 4 is 33.9 Å². The number of carbonyl (C=O) groups excluding carboxylic acids is 1. The topological polar surface area (TPSA) is 99.8 Å². The number of aromatic nitrogens is 3. The van der Waals surface area contributed by atoms with Crippen molar-refractivity contribution in [3.05, 3.63) is 59.2 Å². The van der Waals surface area contributed by atoms with Crippen molar-refractivity contribution < 1.29 is 13.6 Å². The van der Waals surface area contributed by atoms with E-state index in [0.717, 1.165) is 0 Å². The number of rotatable bonds is 3. The summed E-state index contributed by atoms with van der Waals surface area (Å²) < 4.78 is 27.9. The highest BCUT2D eigenvalue weighted by Crippen LogP contribution is 2.33. The zero-order valence-electron chi connectivity index (χ0n) is 14.3. The van der Waals surface area contributed by atoms with Gasteiger partial charge in [-0.2, -0.15) is 0 Å². The van der Waals surface area contributed by atoms with E-state index in [9.17, 15) is 13.6 Å². The zero-order chi connectivity index (χ0) is 19.3. The predicted octanol–water partition coefficient (Wildman–Crippen LogP) is 3.50. The molecule has 0 bridgehead atoms. The van der Waals surface area contributed by atoms with Gasteiger partial charge in [0.2, 0.25) is 0 Å². The van der Waals surface area contributed by atoms with Gasteiger partial charge in [0, 0.05) is 5.56 Å². The molecule has 0 atom stereocenters. The maximum Gasteiger partial charge on any atom is 0.263 e. The maximum absolute atomic E-state index is 13.2. The minimum Gasteiger partial charge on any atom is -0.384 e. The largest absolute Gasteiger partial charge is 0.384 e. The number of para-hydroxylation sites is 2. The van der Waals surface area contributed by atoms with Crippen LogP contribution in [-0.4, -0.2) is 20.4 Å². The molecule has 4 aromatic rings. The van der Waals surface area contributed by atoms with E-state index in [0.29, 0.717) is 22.3 Å². The molecule has 6 nitrogen and oxygen atoms in total. The second kappa shape index (κ2) is 6.01. The molecule has 2 aromatic heterocycles. The van der Waals surface area contributed by atoms with E-state index in [2.05, 4.69) is 9.97 Å². The summed E-state index contributed by atoms with van der Waals surface area (Å²) in [5.74, 6) is -0.745. The van der Waals surface area contributed by atoms with Gasteiger partial charge in [-0.3, -0.25) is 9.36 Å². The second-order valence-corrected chi connectivity index (χ2v) is 6.19. The van der Waals surface area contributed by atoms with Gasteiger partial charge in [0.25, 0.3) is 12.3 Å². The van der Waals surface area contributed by atoms with E-state index in [-0.39, 0.29) is 28.1 Å². The third-order valence-corrected chi connectivity index (χ3v) is 4.47. The van der Waals surface area contributed by atoms with Crippen LogP contribution < -0.4 is 11.5 Å². The molecule has 0 saturated carbocycles. The van der Waals surface area contributed by atoms with Gasteiger partial charge in [0.1, 0.15) is 16.9 Å². The molecule has 136 valence electrons. The Kier molecular flexibility index (Phi) is 3.76. The average Bonchev–Trinajstić information content (AvgIpc) is 2.91. The van der Waals surface area contributed by atoms with Gasteiger partial charge in [0.05, 0.1) is 16.7 Å². The van der Waals surface area contributed by atoms with Crippen LogP contribution in [0.2, 0.25) is 0 Å².